The van der Waals surface area contributed by atoms with E-state index in [1.165, 1.54) is 0 Å². The molecule has 0 saturated heterocycles. The molecule has 0 saturated carbocycles. The summed E-state index contributed by atoms with van der Waals surface area (Å²) in [5, 5.41) is 0. The highest BCUT2D eigenvalue weighted by atomic mass is 16.5. The normalized spacial score (nSPS) is 11.2. The van der Waals surface area contributed by atoms with Gasteiger partial charge in [0.2, 0.25) is 0 Å². The molecule has 1 amide bonds. The highest BCUT2D eigenvalue weighted by molar-refractivity contribution is 6.03. The fourth-order valence-electron chi connectivity index (χ4n) is 0.974. The Bertz CT molecular complexity index is 371. The van der Waals surface area contributed by atoms with Gasteiger partial charge in [-0.05, 0) is 24.3 Å². The van der Waals surface area contributed by atoms with Gasteiger partial charge in [0.15, 0.2) is 0 Å². The van der Waals surface area contributed by atoms with E-state index >= 15 is 0 Å². The highest BCUT2D eigenvalue weighted by Crippen LogP contribution is 2.11. The second-order valence-corrected chi connectivity index (χ2v) is 2.84. The molecule has 1 rings (SSSR count). The largest absolute Gasteiger partial charge is 0.497 e. The minimum Gasteiger partial charge on any atom is -0.497 e. The van der Waals surface area contributed by atoms with Gasteiger partial charge in [-0.25, -0.2) is 0 Å². The summed E-state index contributed by atoms with van der Waals surface area (Å²) in [7, 11) is 1.56. The van der Waals surface area contributed by atoms with Gasteiger partial charge in [-0.2, -0.15) is 4.99 Å². The van der Waals surface area contributed by atoms with Crippen molar-refractivity contribution in [3.63, 3.8) is 0 Å². The van der Waals surface area contributed by atoms with Crippen molar-refractivity contribution in [2.24, 2.45) is 16.5 Å². The summed E-state index contributed by atoms with van der Waals surface area (Å²) < 4.78 is 4.96. The van der Waals surface area contributed by atoms with Crippen LogP contribution in [0.2, 0.25) is 0 Å². The van der Waals surface area contributed by atoms with Gasteiger partial charge in [-0.3, -0.25) is 4.79 Å². The van der Waals surface area contributed by atoms with Crippen molar-refractivity contribution >= 4 is 11.7 Å². The number of ether oxygens (including phenoxy) is 1. The first-order chi connectivity index (χ1) is 7.17. The SMILES string of the molecule is COc1ccc(C(=O)N=C(N)CN)cc1. The third kappa shape index (κ3) is 3.07. The lowest BCUT2D eigenvalue weighted by molar-refractivity contribution is 0.100. The van der Waals surface area contributed by atoms with Crippen LogP contribution in [0.3, 0.4) is 0 Å². The number of rotatable bonds is 3. The van der Waals surface area contributed by atoms with Crippen LogP contribution in [0.1, 0.15) is 10.4 Å². The summed E-state index contributed by atoms with van der Waals surface area (Å²) in [4.78, 5) is 15.1. The molecule has 0 bridgehead atoms. The van der Waals surface area contributed by atoms with Crippen LogP contribution < -0.4 is 16.2 Å². The Morgan fingerprint density at radius 3 is 2.47 bits per heavy atom. The molecule has 0 aliphatic rings. The van der Waals surface area contributed by atoms with E-state index in [1.54, 1.807) is 31.4 Å². The Kier molecular flexibility index (Phi) is 3.82. The van der Waals surface area contributed by atoms with Gasteiger partial charge in [0.1, 0.15) is 11.6 Å². The van der Waals surface area contributed by atoms with Crippen LogP contribution in [0, 0.1) is 0 Å². The average Bonchev–Trinajstić information content (AvgIpc) is 2.29. The summed E-state index contributed by atoms with van der Waals surface area (Å²) in [5.41, 5.74) is 11.0. The van der Waals surface area contributed by atoms with Crippen molar-refractivity contribution in [3.05, 3.63) is 29.8 Å². The van der Waals surface area contributed by atoms with E-state index in [4.69, 9.17) is 16.2 Å². The molecule has 0 atom stereocenters. The van der Waals surface area contributed by atoms with Gasteiger partial charge in [0.25, 0.3) is 5.91 Å². The number of methoxy groups -OCH3 is 1. The number of amidine groups is 1. The van der Waals surface area contributed by atoms with Gasteiger partial charge >= 0.3 is 0 Å². The minimum atomic E-state index is -0.402. The molecule has 1 aromatic carbocycles. The molecule has 4 N–H and O–H groups in total. The summed E-state index contributed by atoms with van der Waals surface area (Å²) in [5.74, 6) is 0.402. The van der Waals surface area contributed by atoms with E-state index in [0.29, 0.717) is 11.3 Å². The minimum absolute atomic E-state index is 0.0713. The zero-order valence-corrected chi connectivity index (χ0v) is 8.43. The molecule has 0 spiro atoms. The molecule has 5 heteroatoms. The lowest BCUT2D eigenvalue weighted by Gasteiger charge is -2.00. The molecular weight excluding hydrogens is 194 g/mol. The van der Waals surface area contributed by atoms with Crippen LogP contribution in [0.4, 0.5) is 0 Å². The maximum Gasteiger partial charge on any atom is 0.278 e. The standard InChI is InChI=1S/C10H13N3O2/c1-15-8-4-2-7(3-5-8)10(14)13-9(12)6-11/h2-5H,6,11H2,1H3,(H2,12,13,14). The number of carbonyl (C=O) groups excluding carboxylic acids is 1. The summed E-state index contributed by atoms with van der Waals surface area (Å²) in [6, 6.07) is 6.60. The van der Waals surface area contributed by atoms with Crippen LogP contribution in [-0.4, -0.2) is 25.4 Å². The fourth-order valence-corrected chi connectivity index (χ4v) is 0.974. The quantitative estimate of drug-likeness (QED) is 0.545. The molecule has 0 fully saturated rings. The molecule has 0 aliphatic heterocycles. The Balaban J connectivity index is 2.83. The van der Waals surface area contributed by atoms with Gasteiger partial charge < -0.3 is 16.2 Å². The number of nitrogens with two attached hydrogens (primary N) is 2. The van der Waals surface area contributed by atoms with Crippen LogP contribution in [0.15, 0.2) is 29.3 Å². The first-order valence-electron chi connectivity index (χ1n) is 4.39. The second kappa shape index (κ2) is 5.11. The maximum atomic E-state index is 11.4. The van der Waals surface area contributed by atoms with E-state index in [1.807, 2.05) is 0 Å². The number of aliphatic imine (C=N–C) groups is 1. The molecule has 80 valence electrons. The summed E-state index contributed by atoms with van der Waals surface area (Å²) in [6.45, 7) is 0.0713. The van der Waals surface area contributed by atoms with Gasteiger partial charge in [0.05, 0.1) is 13.7 Å². The van der Waals surface area contributed by atoms with E-state index in [0.717, 1.165) is 0 Å². The smallest absolute Gasteiger partial charge is 0.278 e. The molecule has 0 unspecified atom stereocenters. The lowest BCUT2D eigenvalue weighted by atomic mass is 10.2. The summed E-state index contributed by atoms with van der Waals surface area (Å²) >= 11 is 0. The highest BCUT2D eigenvalue weighted by Gasteiger charge is 2.04. The zero-order chi connectivity index (χ0) is 11.3. The Labute approximate surface area is 87.7 Å². The lowest BCUT2D eigenvalue weighted by Crippen LogP contribution is -2.24. The molecule has 0 aliphatic carbocycles. The van der Waals surface area contributed by atoms with Gasteiger partial charge in [-0.1, -0.05) is 0 Å². The first kappa shape index (κ1) is 11.2. The second-order valence-electron chi connectivity index (χ2n) is 2.84. The van der Waals surface area contributed by atoms with E-state index in [9.17, 15) is 4.79 Å². The molecule has 5 nitrogen and oxygen atoms in total. The van der Waals surface area contributed by atoms with E-state index in [-0.39, 0.29) is 12.4 Å². The predicted octanol–water partition coefficient (Wildman–Crippen LogP) is 0.151. The van der Waals surface area contributed by atoms with E-state index in [2.05, 4.69) is 4.99 Å². The van der Waals surface area contributed by atoms with Crippen molar-refractivity contribution < 1.29 is 9.53 Å². The van der Waals surface area contributed by atoms with Crippen molar-refractivity contribution in [1.82, 2.24) is 0 Å². The number of hydrogen-bond acceptors (Lipinski definition) is 3. The van der Waals surface area contributed by atoms with Gasteiger partial charge in [-0.15, -0.1) is 0 Å². The van der Waals surface area contributed by atoms with Crippen LogP contribution in [0.25, 0.3) is 0 Å². The third-order valence-corrected chi connectivity index (χ3v) is 1.79. The third-order valence-electron chi connectivity index (χ3n) is 1.79. The molecule has 0 radical (unpaired) electrons. The van der Waals surface area contributed by atoms with Crippen LogP contribution >= 0.6 is 0 Å². The molecular formula is C10H13N3O2. The number of hydrogen-bond donors (Lipinski definition) is 2. The van der Waals surface area contributed by atoms with Crippen molar-refractivity contribution in [1.29, 1.82) is 0 Å². The predicted molar refractivity (Wildman–Crippen MR) is 58.0 cm³/mol. The summed E-state index contributed by atoms with van der Waals surface area (Å²) in [6.07, 6.45) is 0. The average molecular weight is 207 g/mol. The maximum absolute atomic E-state index is 11.4. The number of carbonyl (C=O) groups is 1. The number of amides is 1. The molecule has 0 aromatic heterocycles. The van der Waals surface area contributed by atoms with E-state index < -0.39 is 5.91 Å². The Morgan fingerprint density at radius 2 is 2.00 bits per heavy atom. The van der Waals surface area contributed by atoms with Crippen molar-refractivity contribution in [2.75, 3.05) is 13.7 Å². The van der Waals surface area contributed by atoms with Crippen molar-refractivity contribution in [3.8, 4) is 5.75 Å². The fraction of sp³-hybridized carbons (Fsp3) is 0.200. The topological polar surface area (TPSA) is 90.7 Å². The molecule has 0 heterocycles. The Hall–Kier alpha value is -1.88. The monoisotopic (exact) mass is 207 g/mol. The van der Waals surface area contributed by atoms with Crippen LogP contribution in [0.5, 0.6) is 5.75 Å². The Morgan fingerprint density at radius 1 is 1.40 bits per heavy atom. The molecule has 15 heavy (non-hydrogen) atoms. The number of benzene rings is 1. The molecule has 1 aromatic rings. The van der Waals surface area contributed by atoms with Crippen molar-refractivity contribution in [2.45, 2.75) is 0 Å². The van der Waals surface area contributed by atoms with Gasteiger partial charge in [0, 0.05) is 5.56 Å². The zero-order valence-electron chi connectivity index (χ0n) is 8.43. The first-order valence-corrected chi connectivity index (χ1v) is 4.39. The number of nitrogens with zero attached hydrogens (tertiary/aromatic N) is 1. The van der Waals surface area contributed by atoms with Crippen LogP contribution in [-0.2, 0) is 0 Å².